The molecule has 6 nitrogen and oxygen atoms in total. The van der Waals surface area contributed by atoms with Crippen molar-refractivity contribution in [1.29, 1.82) is 0 Å². The zero-order valence-electron chi connectivity index (χ0n) is 15.4. The van der Waals surface area contributed by atoms with Crippen molar-refractivity contribution in [3.05, 3.63) is 65.2 Å². The molecule has 0 aliphatic carbocycles. The molecule has 0 aliphatic rings. The van der Waals surface area contributed by atoms with Crippen LogP contribution >= 0.6 is 0 Å². The van der Waals surface area contributed by atoms with E-state index >= 15 is 0 Å². The summed E-state index contributed by atoms with van der Waals surface area (Å²) in [6.07, 6.45) is 0.306. The Kier molecular flexibility index (Phi) is 7.27. The minimum absolute atomic E-state index is 0.0253. The molecule has 0 amide bonds. The zero-order chi connectivity index (χ0) is 19.9. The Balaban J connectivity index is 1.73. The summed E-state index contributed by atoms with van der Waals surface area (Å²) in [5, 5.41) is 0. The van der Waals surface area contributed by atoms with Crippen LogP contribution in [0.1, 0.15) is 34.3 Å². The van der Waals surface area contributed by atoms with E-state index in [0.717, 1.165) is 11.1 Å². The molecular formula is C20H23NO5S. The molecule has 144 valence electrons. The SMILES string of the molecule is Cc1ccc(S(=O)(=O)NCCCC(=O)OCC(=O)c2ccccc2)cc1C. The fourth-order valence-electron chi connectivity index (χ4n) is 2.33. The summed E-state index contributed by atoms with van der Waals surface area (Å²) in [5.74, 6) is -0.816. The first-order valence-corrected chi connectivity index (χ1v) is 10.1. The van der Waals surface area contributed by atoms with Crippen LogP contribution in [0.5, 0.6) is 0 Å². The van der Waals surface area contributed by atoms with E-state index in [0.29, 0.717) is 5.56 Å². The average molecular weight is 389 g/mol. The highest BCUT2D eigenvalue weighted by Crippen LogP contribution is 2.14. The Labute approximate surface area is 159 Å². The summed E-state index contributed by atoms with van der Waals surface area (Å²) in [6.45, 7) is 3.54. The van der Waals surface area contributed by atoms with Crippen molar-refractivity contribution in [1.82, 2.24) is 4.72 Å². The first-order valence-electron chi connectivity index (χ1n) is 8.60. The first-order chi connectivity index (χ1) is 12.8. The largest absolute Gasteiger partial charge is 0.457 e. The molecule has 0 aliphatic heterocycles. The number of ketones is 1. The average Bonchev–Trinajstić information content (AvgIpc) is 2.66. The van der Waals surface area contributed by atoms with Crippen molar-refractivity contribution in [2.45, 2.75) is 31.6 Å². The number of aryl methyl sites for hydroxylation is 2. The summed E-state index contributed by atoms with van der Waals surface area (Å²) in [7, 11) is -3.62. The summed E-state index contributed by atoms with van der Waals surface area (Å²) >= 11 is 0. The van der Waals surface area contributed by atoms with E-state index in [4.69, 9.17) is 4.74 Å². The minimum Gasteiger partial charge on any atom is -0.457 e. The van der Waals surface area contributed by atoms with Crippen LogP contribution in [0.15, 0.2) is 53.4 Å². The van der Waals surface area contributed by atoms with Gasteiger partial charge in [-0.1, -0.05) is 36.4 Å². The second-order valence-electron chi connectivity index (χ2n) is 6.20. The van der Waals surface area contributed by atoms with Gasteiger partial charge in [0.05, 0.1) is 4.90 Å². The van der Waals surface area contributed by atoms with Crippen molar-refractivity contribution >= 4 is 21.8 Å². The third-order valence-corrected chi connectivity index (χ3v) is 5.56. The smallest absolute Gasteiger partial charge is 0.306 e. The summed E-state index contributed by atoms with van der Waals surface area (Å²) in [4.78, 5) is 23.7. The molecule has 0 radical (unpaired) electrons. The van der Waals surface area contributed by atoms with E-state index in [1.807, 2.05) is 13.8 Å². The standard InChI is InChI=1S/C20H23NO5S/c1-15-10-11-18(13-16(15)2)27(24,25)21-12-6-9-20(23)26-14-19(22)17-7-4-3-5-8-17/h3-5,7-8,10-11,13,21H,6,9,12,14H2,1-2H3. The van der Waals surface area contributed by atoms with Crippen molar-refractivity contribution in [2.75, 3.05) is 13.2 Å². The molecule has 0 spiro atoms. The molecule has 0 unspecified atom stereocenters. The Bertz CT molecular complexity index is 907. The molecule has 27 heavy (non-hydrogen) atoms. The lowest BCUT2D eigenvalue weighted by Crippen LogP contribution is -2.25. The second-order valence-corrected chi connectivity index (χ2v) is 7.96. The Morgan fingerprint density at radius 1 is 1.00 bits per heavy atom. The van der Waals surface area contributed by atoms with Gasteiger partial charge in [-0.2, -0.15) is 0 Å². The summed E-state index contributed by atoms with van der Waals surface area (Å²) in [6, 6.07) is 13.5. The Morgan fingerprint density at radius 2 is 1.70 bits per heavy atom. The number of Topliss-reactive ketones (excluding diaryl/α,β-unsaturated/α-hetero) is 1. The van der Waals surface area contributed by atoms with Crippen LogP contribution in [0.2, 0.25) is 0 Å². The van der Waals surface area contributed by atoms with Gasteiger partial charge in [-0.15, -0.1) is 0 Å². The van der Waals surface area contributed by atoms with Crippen LogP contribution in [0, 0.1) is 13.8 Å². The van der Waals surface area contributed by atoms with E-state index in [1.165, 1.54) is 0 Å². The van der Waals surface area contributed by atoms with Crippen molar-refractivity contribution in [3.8, 4) is 0 Å². The first kappa shape index (κ1) is 20.8. The van der Waals surface area contributed by atoms with Crippen molar-refractivity contribution in [3.63, 3.8) is 0 Å². The van der Waals surface area contributed by atoms with Gasteiger partial charge in [-0.3, -0.25) is 9.59 Å². The topological polar surface area (TPSA) is 89.5 Å². The molecule has 1 N–H and O–H groups in total. The number of esters is 1. The third kappa shape index (κ3) is 6.30. The van der Waals surface area contributed by atoms with Gasteiger partial charge in [0, 0.05) is 18.5 Å². The third-order valence-electron chi connectivity index (χ3n) is 4.10. The number of nitrogens with one attached hydrogen (secondary N) is 1. The number of hydrogen-bond acceptors (Lipinski definition) is 5. The van der Waals surface area contributed by atoms with Crippen LogP contribution in [0.3, 0.4) is 0 Å². The predicted octanol–water partition coefficient (Wildman–Crippen LogP) is 2.79. The normalized spacial score (nSPS) is 11.2. The maximum absolute atomic E-state index is 12.2. The zero-order valence-corrected chi connectivity index (χ0v) is 16.2. The van der Waals surface area contributed by atoms with Crippen molar-refractivity contribution < 1.29 is 22.7 Å². The number of carbonyl (C=O) groups is 2. The minimum atomic E-state index is -3.62. The molecule has 0 fully saturated rings. The lowest BCUT2D eigenvalue weighted by molar-refractivity contribution is -0.142. The van der Waals surface area contributed by atoms with Gasteiger partial charge in [0.1, 0.15) is 0 Å². The number of rotatable bonds is 9. The van der Waals surface area contributed by atoms with Crippen LogP contribution in [0.25, 0.3) is 0 Å². The molecule has 2 rings (SSSR count). The van der Waals surface area contributed by atoms with Crippen LogP contribution < -0.4 is 4.72 Å². The van der Waals surface area contributed by atoms with Gasteiger partial charge in [0.15, 0.2) is 12.4 Å². The van der Waals surface area contributed by atoms with E-state index in [1.54, 1.807) is 48.5 Å². The molecule has 2 aromatic carbocycles. The lowest BCUT2D eigenvalue weighted by Gasteiger charge is -2.09. The van der Waals surface area contributed by atoms with E-state index in [-0.39, 0.29) is 36.7 Å². The highest BCUT2D eigenvalue weighted by Gasteiger charge is 2.15. The van der Waals surface area contributed by atoms with Gasteiger partial charge >= 0.3 is 5.97 Å². The lowest BCUT2D eigenvalue weighted by atomic mass is 10.1. The maximum Gasteiger partial charge on any atom is 0.306 e. The van der Waals surface area contributed by atoms with E-state index < -0.39 is 16.0 Å². The number of carbonyl (C=O) groups excluding carboxylic acids is 2. The summed E-state index contributed by atoms with van der Waals surface area (Å²) < 4.78 is 31.9. The van der Waals surface area contributed by atoms with Gasteiger partial charge in [0.2, 0.25) is 10.0 Å². The van der Waals surface area contributed by atoms with E-state index in [2.05, 4.69) is 4.72 Å². The Morgan fingerprint density at radius 3 is 2.37 bits per heavy atom. The van der Waals surface area contributed by atoms with Gasteiger partial charge in [-0.05, 0) is 43.5 Å². The van der Waals surface area contributed by atoms with Gasteiger partial charge in [0.25, 0.3) is 0 Å². The van der Waals surface area contributed by atoms with Crippen molar-refractivity contribution in [2.24, 2.45) is 0 Å². The fourth-order valence-corrected chi connectivity index (χ4v) is 3.49. The molecule has 2 aromatic rings. The monoisotopic (exact) mass is 389 g/mol. The molecule has 7 heteroatoms. The molecular weight excluding hydrogens is 366 g/mol. The molecule has 0 heterocycles. The van der Waals surface area contributed by atoms with Crippen LogP contribution in [-0.4, -0.2) is 33.3 Å². The molecule has 0 saturated heterocycles. The predicted molar refractivity (Wildman–Crippen MR) is 102 cm³/mol. The number of ether oxygens (including phenoxy) is 1. The Hall–Kier alpha value is -2.51. The highest BCUT2D eigenvalue weighted by molar-refractivity contribution is 7.89. The fraction of sp³-hybridized carbons (Fsp3) is 0.300. The molecule has 0 saturated carbocycles. The molecule has 0 bridgehead atoms. The summed E-state index contributed by atoms with van der Waals surface area (Å²) in [5.41, 5.74) is 2.39. The van der Waals surface area contributed by atoms with E-state index in [9.17, 15) is 18.0 Å². The maximum atomic E-state index is 12.2. The number of benzene rings is 2. The van der Waals surface area contributed by atoms with Crippen LogP contribution in [0.4, 0.5) is 0 Å². The van der Waals surface area contributed by atoms with Gasteiger partial charge in [-0.25, -0.2) is 13.1 Å². The molecule has 0 aromatic heterocycles. The number of sulfonamides is 1. The molecule has 0 atom stereocenters. The highest BCUT2D eigenvalue weighted by atomic mass is 32.2. The second kappa shape index (κ2) is 9.43. The van der Waals surface area contributed by atoms with Gasteiger partial charge < -0.3 is 4.74 Å². The number of hydrogen-bond donors (Lipinski definition) is 1. The quantitative estimate of drug-likeness (QED) is 0.405. The van der Waals surface area contributed by atoms with Crippen LogP contribution in [-0.2, 0) is 19.6 Å².